The summed E-state index contributed by atoms with van der Waals surface area (Å²) >= 11 is 1.67. The normalized spacial score (nSPS) is 11.1. The number of benzene rings is 1. The van der Waals surface area contributed by atoms with Gasteiger partial charge in [0, 0.05) is 11.4 Å². The van der Waals surface area contributed by atoms with Crippen molar-refractivity contribution in [3.63, 3.8) is 0 Å². The second-order valence-corrected chi connectivity index (χ2v) is 6.72. The number of aromatic nitrogens is 5. The molecule has 0 saturated heterocycles. The fourth-order valence-electron chi connectivity index (χ4n) is 2.56. The highest BCUT2D eigenvalue weighted by atomic mass is 32.1. The van der Waals surface area contributed by atoms with E-state index in [0.29, 0.717) is 12.5 Å². The number of thiophene rings is 1. The zero-order valence-corrected chi connectivity index (χ0v) is 14.2. The Morgan fingerprint density at radius 3 is 2.71 bits per heavy atom. The van der Waals surface area contributed by atoms with Gasteiger partial charge in [0.1, 0.15) is 23.3 Å². The fourth-order valence-corrected chi connectivity index (χ4v) is 3.59. The van der Waals surface area contributed by atoms with Gasteiger partial charge < -0.3 is 5.32 Å². The van der Waals surface area contributed by atoms with Crippen LogP contribution in [0.2, 0.25) is 0 Å². The topological polar surface area (TPSA) is 68.5 Å². The Bertz CT molecular complexity index is 975. The molecule has 6 nitrogen and oxygen atoms in total. The average molecular weight is 336 g/mol. The number of fused-ring (bicyclic) bond motifs is 1. The number of anilines is 1. The molecular weight excluding hydrogens is 320 g/mol. The zero-order chi connectivity index (χ0) is 16.5. The van der Waals surface area contributed by atoms with Crippen LogP contribution in [0.1, 0.15) is 16.0 Å². The highest BCUT2D eigenvalue weighted by Crippen LogP contribution is 2.33. The molecule has 24 heavy (non-hydrogen) atoms. The minimum Gasteiger partial charge on any atom is -0.365 e. The van der Waals surface area contributed by atoms with E-state index in [1.54, 1.807) is 22.3 Å². The predicted molar refractivity (Wildman–Crippen MR) is 95.6 cm³/mol. The first-order valence-electron chi connectivity index (χ1n) is 7.63. The minimum atomic E-state index is 0.525. The lowest BCUT2D eigenvalue weighted by Crippen LogP contribution is -2.07. The molecule has 0 radical (unpaired) electrons. The quantitative estimate of drug-likeness (QED) is 0.618. The second kappa shape index (κ2) is 6.01. The molecule has 120 valence electrons. The van der Waals surface area contributed by atoms with Gasteiger partial charge in [0.25, 0.3) is 5.95 Å². The standard InChI is InChI=1S/C17H16N6S/c1-11-12(2)24-16-14(11)15(19-8-13-6-4-3-5-7-13)21-17(22-16)23-10-18-9-20-23/h3-7,9-10H,8H2,1-2H3,(H,19,21,22). The van der Waals surface area contributed by atoms with Crippen molar-refractivity contribution in [3.05, 3.63) is 59.0 Å². The molecule has 0 spiro atoms. The van der Waals surface area contributed by atoms with Crippen LogP contribution in [-0.2, 0) is 6.54 Å². The van der Waals surface area contributed by atoms with E-state index in [1.165, 1.54) is 22.3 Å². The van der Waals surface area contributed by atoms with E-state index in [2.05, 4.69) is 51.3 Å². The summed E-state index contributed by atoms with van der Waals surface area (Å²) in [5, 5.41) is 8.67. The van der Waals surface area contributed by atoms with E-state index in [0.717, 1.165) is 16.0 Å². The fraction of sp³-hybridized carbons (Fsp3) is 0.176. The number of hydrogen-bond acceptors (Lipinski definition) is 6. The lowest BCUT2D eigenvalue weighted by Gasteiger charge is -2.09. The molecule has 0 aliphatic carbocycles. The minimum absolute atomic E-state index is 0.525. The maximum atomic E-state index is 4.68. The van der Waals surface area contributed by atoms with Crippen LogP contribution in [0.15, 0.2) is 43.0 Å². The Balaban J connectivity index is 1.79. The van der Waals surface area contributed by atoms with Crippen LogP contribution in [0, 0.1) is 13.8 Å². The third-order valence-corrected chi connectivity index (χ3v) is 5.04. The first kappa shape index (κ1) is 14.8. The molecule has 7 heteroatoms. The van der Waals surface area contributed by atoms with Gasteiger partial charge in [-0.1, -0.05) is 30.3 Å². The molecule has 0 aliphatic rings. The van der Waals surface area contributed by atoms with Crippen molar-refractivity contribution in [1.82, 2.24) is 24.7 Å². The molecular formula is C17H16N6S. The van der Waals surface area contributed by atoms with Crippen LogP contribution in [0.5, 0.6) is 0 Å². The van der Waals surface area contributed by atoms with Crippen molar-refractivity contribution >= 4 is 27.4 Å². The van der Waals surface area contributed by atoms with Gasteiger partial charge in [0.15, 0.2) is 0 Å². The predicted octanol–water partition coefficient (Wildman–Crippen LogP) is 3.50. The lowest BCUT2D eigenvalue weighted by molar-refractivity contribution is 0.815. The molecule has 1 aromatic carbocycles. The average Bonchev–Trinajstić information content (AvgIpc) is 3.23. The summed E-state index contributed by atoms with van der Waals surface area (Å²) in [6, 6.07) is 10.3. The molecule has 0 atom stereocenters. The van der Waals surface area contributed by atoms with Gasteiger partial charge in [0.05, 0.1) is 5.39 Å². The molecule has 0 unspecified atom stereocenters. The van der Waals surface area contributed by atoms with Crippen LogP contribution in [0.25, 0.3) is 16.2 Å². The largest absolute Gasteiger partial charge is 0.365 e. The summed E-state index contributed by atoms with van der Waals surface area (Å²) in [5.74, 6) is 1.35. The molecule has 3 heterocycles. The molecule has 0 amide bonds. The van der Waals surface area contributed by atoms with Gasteiger partial charge in [-0.15, -0.1) is 11.3 Å². The monoisotopic (exact) mass is 336 g/mol. The number of hydrogen-bond donors (Lipinski definition) is 1. The summed E-state index contributed by atoms with van der Waals surface area (Å²) < 4.78 is 1.58. The van der Waals surface area contributed by atoms with Gasteiger partial charge >= 0.3 is 0 Å². The number of nitrogens with zero attached hydrogens (tertiary/aromatic N) is 5. The number of aryl methyl sites for hydroxylation is 2. The SMILES string of the molecule is Cc1sc2nc(-n3cncn3)nc(NCc3ccccc3)c2c1C. The molecule has 0 fully saturated rings. The van der Waals surface area contributed by atoms with Crippen molar-refractivity contribution in [3.8, 4) is 5.95 Å². The van der Waals surface area contributed by atoms with Crippen molar-refractivity contribution in [2.75, 3.05) is 5.32 Å². The van der Waals surface area contributed by atoms with Crippen LogP contribution >= 0.6 is 11.3 Å². The van der Waals surface area contributed by atoms with E-state index < -0.39 is 0 Å². The smallest absolute Gasteiger partial charge is 0.255 e. The van der Waals surface area contributed by atoms with Gasteiger partial charge in [-0.3, -0.25) is 0 Å². The van der Waals surface area contributed by atoms with Crippen molar-refractivity contribution in [1.29, 1.82) is 0 Å². The third kappa shape index (κ3) is 2.63. The summed E-state index contributed by atoms with van der Waals surface area (Å²) in [5.41, 5.74) is 2.42. The Hall–Kier alpha value is -2.80. The number of nitrogens with one attached hydrogen (secondary N) is 1. The highest BCUT2D eigenvalue weighted by Gasteiger charge is 2.15. The van der Waals surface area contributed by atoms with E-state index in [9.17, 15) is 0 Å². The van der Waals surface area contributed by atoms with E-state index in [1.807, 2.05) is 18.2 Å². The molecule has 4 aromatic rings. The van der Waals surface area contributed by atoms with Gasteiger partial charge in [-0.2, -0.15) is 19.7 Å². The molecule has 0 aliphatic heterocycles. The van der Waals surface area contributed by atoms with Crippen LogP contribution in [-0.4, -0.2) is 24.7 Å². The highest BCUT2D eigenvalue weighted by molar-refractivity contribution is 7.18. The van der Waals surface area contributed by atoms with Crippen molar-refractivity contribution in [2.24, 2.45) is 0 Å². The summed E-state index contributed by atoms with van der Waals surface area (Å²) in [6.45, 7) is 4.93. The summed E-state index contributed by atoms with van der Waals surface area (Å²) in [7, 11) is 0. The van der Waals surface area contributed by atoms with Crippen molar-refractivity contribution < 1.29 is 0 Å². The lowest BCUT2D eigenvalue weighted by atomic mass is 10.2. The maximum absolute atomic E-state index is 4.68. The first-order chi connectivity index (χ1) is 11.7. The maximum Gasteiger partial charge on any atom is 0.255 e. The number of rotatable bonds is 4. The Morgan fingerprint density at radius 2 is 1.96 bits per heavy atom. The van der Waals surface area contributed by atoms with Gasteiger partial charge in [-0.25, -0.2) is 4.98 Å². The van der Waals surface area contributed by atoms with E-state index >= 15 is 0 Å². The van der Waals surface area contributed by atoms with Gasteiger partial charge in [0.2, 0.25) is 0 Å². The molecule has 4 rings (SSSR count). The Kier molecular flexibility index (Phi) is 3.70. The van der Waals surface area contributed by atoms with Crippen LogP contribution < -0.4 is 5.32 Å². The molecule has 0 saturated carbocycles. The summed E-state index contributed by atoms with van der Waals surface area (Å²) in [6.07, 6.45) is 3.09. The van der Waals surface area contributed by atoms with Crippen LogP contribution in [0.4, 0.5) is 5.82 Å². The van der Waals surface area contributed by atoms with Gasteiger partial charge in [-0.05, 0) is 25.0 Å². The Morgan fingerprint density at radius 1 is 1.12 bits per heavy atom. The molecule has 0 bridgehead atoms. The third-order valence-electron chi connectivity index (χ3n) is 3.94. The molecule has 1 N–H and O–H groups in total. The first-order valence-corrected chi connectivity index (χ1v) is 8.44. The van der Waals surface area contributed by atoms with Crippen molar-refractivity contribution in [2.45, 2.75) is 20.4 Å². The molecule has 3 aromatic heterocycles. The van der Waals surface area contributed by atoms with Crippen LogP contribution in [0.3, 0.4) is 0 Å². The van der Waals surface area contributed by atoms with E-state index in [4.69, 9.17) is 0 Å². The second-order valence-electron chi connectivity index (χ2n) is 5.51. The van der Waals surface area contributed by atoms with E-state index in [-0.39, 0.29) is 0 Å². The zero-order valence-electron chi connectivity index (χ0n) is 13.4. The summed E-state index contributed by atoms with van der Waals surface area (Å²) in [4.78, 5) is 15.5. The Labute approximate surface area is 143 Å².